The largest absolute Gasteiger partial charge is 0.283 e. The Labute approximate surface area is 105 Å². The van der Waals surface area contributed by atoms with Crippen LogP contribution in [-0.2, 0) is 0 Å². The van der Waals surface area contributed by atoms with Gasteiger partial charge < -0.3 is 0 Å². The van der Waals surface area contributed by atoms with Crippen LogP contribution in [0.5, 0.6) is 0 Å². The van der Waals surface area contributed by atoms with E-state index in [9.17, 15) is 0 Å². The van der Waals surface area contributed by atoms with Gasteiger partial charge in [-0.3, -0.25) is 0 Å². The molecule has 0 atom stereocenters. The van der Waals surface area contributed by atoms with Crippen LogP contribution in [0.2, 0.25) is 0 Å². The van der Waals surface area contributed by atoms with Gasteiger partial charge in [-0.15, -0.1) is 5.10 Å². The van der Waals surface area contributed by atoms with Crippen LogP contribution in [0.25, 0.3) is 11.0 Å². The molecule has 0 spiro atoms. The highest BCUT2D eigenvalue weighted by Crippen LogP contribution is 2.19. The third-order valence-electron chi connectivity index (χ3n) is 2.36. The second kappa shape index (κ2) is 4.45. The quantitative estimate of drug-likeness (QED) is 0.537. The monoisotopic (exact) mass is 260 g/mol. The molecule has 3 rings (SSSR count). The zero-order valence-electron chi connectivity index (χ0n) is 9.32. The topological polar surface area (TPSA) is 105 Å². The molecule has 0 fully saturated rings. The maximum absolute atomic E-state index is 4.26. The zero-order chi connectivity index (χ0) is 12.4. The Balaban J connectivity index is 1.88. The lowest BCUT2D eigenvalue weighted by atomic mass is 10.1. The van der Waals surface area contributed by atoms with Gasteiger partial charge in [-0.05, 0) is 17.7 Å². The predicted octanol–water partition coefficient (Wildman–Crippen LogP) is 0.959. The fourth-order valence-electron chi connectivity index (χ4n) is 1.48. The van der Waals surface area contributed by atoms with E-state index in [0.29, 0.717) is 5.95 Å². The third kappa shape index (κ3) is 1.91. The maximum Gasteiger partial charge on any atom is 0.283 e. The third-order valence-corrected chi connectivity index (χ3v) is 2.89. The molecule has 2 aromatic heterocycles. The first-order chi connectivity index (χ1) is 8.84. The van der Waals surface area contributed by atoms with Gasteiger partial charge in [-0.2, -0.15) is 19.1 Å². The minimum absolute atomic E-state index is 0.311. The number of tetrazole rings is 1. The van der Waals surface area contributed by atoms with Crippen molar-refractivity contribution >= 4 is 34.9 Å². The van der Waals surface area contributed by atoms with Crippen LogP contribution in [0.1, 0.15) is 11.1 Å². The maximum atomic E-state index is 4.26. The lowest BCUT2D eigenvalue weighted by molar-refractivity contribution is 0.881. The first-order valence-corrected chi connectivity index (χ1v) is 5.82. The van der Waals surface area contributed by atoms with Crippen molar-refractivity contribution in [3.8, 4) is 0 Å². The summed E-state index contributed by atoms with van der Waals surface area (Å²) in [5, 5.41) is 17.2. The molecule has 0 aliphatic heterocycles. The fraction of sp³-hybridized carbons (Fsp3) is 0.111. The molecule has 2 N–H and O–H groups in total. The van der Waals surface area contributed by atoms with Gasteiger partial charge in [0.15, 0.2) is 0 Å². The van der Waals surface area contributed by atoms with Crippen molar-refractivity contribution < 1.29 is 0 Å². The SMILES string of the molecule is Cc1ccc(/C=N/Nc2nn[nH]n2)c2nsnc12. The zero-order valence-corrected chi connectivity index (χ0v) is 10.1. The summed E-state index contributed by atoms with van der Waals surface area (Å²) in [6, 6.07) is 3.93. The lowest BCUT2D eigenvalue weighted by Gasteiger charge is -1.97. The Hall–Kier alpha value is -2.42. The molecule has 9 heteroatoms. The number of benzene rings is 1. The average Bonchev–Trinajstić information content (AvgIpc) is 3.02. The summed E-state index contributed by atoms with van der Waals surface area (Å²) in [4.78, 5) is 0. The highest BCUT2D eigenvalue weighted by molar-refractivity contribution is 7.00. The Bertz CT molecular complexity index is 686. The Morgan fingerprint density at radius 1 is 1.33 bits per heavy atom. The smallest absolute Gasteiger partial charge is 0.243 e. The highest BCUT2D eigenvalue weighted by Gasteiger charge is 2.06. The number of rotatable bonds is 3. The van der Waals surface area contributed by atoms with Crippen LogP contribution in [0.15, 0.2) is 17.2 Å². The average molecular weight is 260 g/mol. The van der Waals surface area contributed by atoms with Crippen molar-refractivity contribution in [2.75, 3.05) is 5.43 Å². The van der Waals surface area contributed by atoms with Crippen molar-refractivity contribution in [2.24, 2.45) is 5.10 Å². The van der Waals surface area contributed by atoms with E-state index in [2.05, 4.69) is 39.9 Å². The second-order valence-corrected chi connectivity index (χ2v) is 4.07. The fourth-order valence-corrected chi connectivity index (χ4v) is 2.11. The molecule has 0 saturated heterocycles. The van der Waals surface area contributed by atoms with Gasteiger partial charge in [0.2, 0.25) is 0 Å². The summed E-state index contributed by atoms with van der Waals surface area (Å²) < 4.78 is 8.50. The lowest BCUT2D eigenvalue weighted by Crippen LogP contribution is -1.93. The van der Waals surface area contributed by atoms with E-state index >= 15 is 0 Å². The molecule has 0 saturated carbocycles. The molecule has 0 unspecified atom stereocenters. The number of aromatic nitrogens is 6. The van der Waals surface area contributed by atoms with Crippen molar-refractivity contribution in [3.63, 3.8) is 0 Å². The van der Waals surface area contributed by atoms with Crippen LogP contribution >= 0.6 is 11.7 Å². The van der Waals surface area contributed by atoms with Gasteiger partial charge in [-0.25, -0.2) is 5.43 Å². The summed E-state index contributed by atoms with van der Waals surface area (Å²) in [5.74, 6) is 0.311. The molecule has 8 nitrogen and oxygen atoms in total. The second-order valence-electron chi connectivity index (χ2n) is 3.54. The van der Waals surface area contributed by atoms with Crippen LogP contribution in [-0.4, -0.2) is 35.6 Å². The first-order valence-electron chi connectivity index (χ1n) is 5.09. The molecule has 90 valence electrons. The molecule has 0 aliphatic carbocycles. The minimum atomic E-state index is 0.311. The predicted molar refractivity (Wildman–Crippen MR) is 67.5 cm³/mol. The summed E-state index contributed by atoms with van der Waals surface area (Å²) in [5.41, 5.74) is 6.39. The Kier molecular flexibility index (Phi) is 2.65. The van der Waals surface area contributed by atoms with E-state index in [0.717, 1.165) is 22.2 Å². The van der Waals surface area contributed by atoms with Gasteiger partial charge in [0.05, 0.1) is 17.9 Å². The Morgan fingerprint density at radius 2 is 2.22 bits per heavy atom. The molecule has 2 heterocycles. The van der Waals surface area contributed by atoms with Crippen molar-refractivity contribution in [1.29, 1.82) is 0 Å². The van der Waals surface area contributed by atoms with Crippen LogP contribution < -0.4 is 5.43 Å². The summed E-state index contributed by atoms with van der Waals surface area (Å²) in [7, 11) is 0. The van der Waals surface area contributed by atoms with Gasteiger partial charge in [0, 0.05) is 5.56 Å². The molecule has 3 aromatic rings. The number of nitrogens with one attached hydrogen (secondary N) is 2. The van der Waals surface area contributed by atoms with Gasteiger partial charge in [0.25, 0.3) is 5.95 Å². The molecule has 0 amide bonds. The van der Waals surface area contributed by atoms with E-state index in [1.807, 2.05) is 19.1 Å². The summed E-state index contributed by atoms with van der Waals surface area (Å²) in [6.07, 6.45) is 1.65. The number of anilines is 1. The van der Waals surface area contributed by atoms with Crippen LogP contribution in [0.3, 0.4) is 0 Å². The van der Waals surface area contributed by atoms with E-state index in [4.69, 9.17) is 0 Å². The Morgan fingerprint density at radius 3 is 3.06 bits per heavy atom. The number of fused-ring (bicyclic) bond motifs is 1. The number of hydrazone groups is 1. The number of aryl methyl sites for hydroxylation is 1. The molecule has 0 radical (unpaired) electrons. The van der Waals surface area contributed by atoms with Crippen LogP contribution in [0, 0.1) is 6.92 Å². The van der Waals surface area contributed by atoms with E-state index < -0.39 is 0 Å². The number of hydrogen-bond acceptors (Lipinski definition) is 8. The van der Waals surface area contributed by atoms with Crippen molar-refractivity contribution in [2.45, 2.75) is 6.92 Å². The summed E-state index contributed by atoms with van der Waals surface area (Å²) in [6.45, 7) is 2.00. The van der Waals surface area contributed by atoms with Gasteiger partial charge in [-0.1, -0.05) is 17.2 Å². The number of aromatic amines is 1. The normalized spacial score (nSPS) is 11.4. The van der Waals surface area contributed by atoms with Crippen molar-refractivity contribution in [1.82, 2.24) is 29.4 Å². The first kappa shape index (κ1) is 10.7. The number of nitrogens with zero attached hydrogens (tertiary/aromatic N) is 6. The molecule has 0 bridgehead atoms. The molecular weight excluding hydrogens is 252 g/mol. The summed E-state index contributed by atoms with van der Waals surface area (Å²) >= 11 is 1.19. The molecule has 0 aliphatic rings. The number of H-pyrrole nitrogens is 1. The van der Waals surface area contributed by atoms with E-state index in [1.54, 1.807) is 6.21 Å². The molecular formula is C9H8N8S. The van der Waals surface area contributed by atoms with Gasteiger partial charge in [0.1, 0.15) is 11.0 Å². The molecule has 18 heavy (non-hydrogen) atoms. The van der Waals surface area contributed by atoms with E-state index in [-0.39, 0.29) is 0 Å². The minimum Gasteiger partial charge on any atom is -0.243 e. The number of hydrogen-bond donors (Lipinski definition) is 2. The van der Waals surface area contributed by atoms with E-state index in [1.165, 1.54) is 11.7 Å². The highest BCUT2D eigenvalue weighted by atomic mass is 32.1. The molecule has 1 aromatic carbocycles. The van der Waals surface area contributed by atoms with Crippen molar-refractivity contribution in [3.05, 3.63) is 23.3 Å². The van der Waals surface area contributed by atoms with Gasteiger partial charge >= 0.3 is 0 Å². The van der Waals surface area contributed by atoms with Crippen LogP contribution in [0.4, 0.5) is 5.95 Å². The standard InChI is InChI=1S/C9H8N8S/c1-5-2-3-6(8-7(5)14-18-15-8)4-10-11-9-12-16-17-13-9/h2-4H,1H3,(H2,11,12,13,16,17)/b10-4+.